The van der Waals surface area contributed by atoms with Crippen molar-refractivity contribution >= 4 is 33.0 Å². The van der Waals surface area contributed by atoms with Crippen molar-refractivity contribution in [2.24, 2.45) is 0 Å². The van der Waals surface area contributed by atoms with Gasteiger partial charge < -0.3 is 5.32 Å². The van der Waals surface area contributed by atoms with Crippen molar-refractivity contribution in [3.05, 3.63) is 70.1 Å². The van der Waals surface area contributed by atoms with Crippen molar-refractivity contribution in [3.63, 3.8) is 0 Å². The fraction of sp³-hybridized carbons (Fsp3) is 0.222. The highest BCUT2D eigenvalue weighted by Gasteiger charge is 2.07. The van der Waals surface area contributed by atoms with Gasteiger partial charge in [-0.1, -0.05) is 41.9 Å². The average Bonchev–Trinajstić information content (AvgIpc) is 2.88. The van der Waals surface area contributed by atoms with E-state index in [9.17, 15) is 0 Å². The number of rotatable bonds is 5. The quantitative estimate of drug-likeness (QED) is 0.676. The van der Waals surface area contributed by atoms with E-state index >= 15 is 0 Å². The van der Waals surface area contributed by atoms with E-state index < -0.39 is 0 Å². The maximum absolute atomic E-state index is 6.03. The second kappa shape index (κ2) is 6.61. The Hall–Kier alpha value is -1.35. The first-order valence-corrected chi connectivity index (χ1v) is 8.41. The predicted octanol–water partition coefficient (Wildman–Crippen LogP) is 5.28. The Morgan fingerprint density at radius 1 is 1.14 bits per heavy atom. The van der Waals surface area contributed by atoms with Gasteiger partial charge in [-0.25, -0.2) is 0 Å². The first kappa shape index (κ1) is 14.6. The summed E-state index contributed by atoms with van der Waals surface area (Å²) in [6, 6.07) is 17.1. The fourth-order valence-corrected chi connectivity index (χ4v) is 3.72. The molecule has 0 saturated carbocycles. The zero-order chi connectivity index (χ0) is 14.7. The molecule has 21 heavy (non-hydrogen) atoms. The van der Waals surface area contributed by atoms with Crippen LogP contribution in [0.3, 0.4) is 0 Å². The molecule has 1 nitrogen and oxygen atoms in total. The Bertz CT molecular complexity index is 735. The van der Waals surface area contributed by atoms with Gasteiger partial charge in [-0.05, 0) is 53.4 Å². The van der Waals surface area contributed by atoms with Gasteiger partial charge in [0.2, 0.25) is 0 Å². The summed E-state index contributed by atoms with van der Waals surface area (Å²) in [6.07, 6.45) is 0.989. The Morgan fingerprint density at radius 3 is 2.86 bits per heavy atom. The molecule has 108 valence electrons. The molecule has 0 amide bonds. The molecule has 3 rings (SSSR count). The summed E-state index contributed by atoms with van der Waals surface area (Å²) in [5.74, 6) is 0. The Labute approximate surface area is 134 Å². The number of fused-ring (bicyclic) bond motifs is 1. The number of halogens is 1. The Kier molecular flexibility index (Phi) is 4.59. The maximum Gasteiger partial charge on any atom is 0.0408 e. The molecule has 1 atom stereocenters. The normalized spacial score (nSPS) is 12.7. The van der Waals surface area contributed by atoms with Gasteiger partial charge >= 0.3 is 0 Å². The molecule has 0 aliphatic rings. The monoisotopic (exact) mass is 315 g/mol. The lowest BCUT2D eigenvalue weighted by Crippen LogP contribution is -2.27. The zero-order valence-corrected chi connectivity index (χ0v) is 13.5. The average molecular weight is 316 g/mol. The smallest absolute Gasteiger partial charge is 0.0408 e. The molecule has 0 fully saturated rings. The minimum atomic E-state index is 0.419. The zero-order valence-electron chi connectivity index (χ0n) is 12.0. The molecule has 1 N–H and O–H groups in total. The lowest BCUT2D eigenvalue weighted by atomic mass is 10.1. The third kappa shape index (κ3) is 3.65. The standard InChI is InChI=1S/C18H18ClNS/c1-13(9-14-5-4-6-16(19)10-14)20-11-15-12-21-18-8-3-2-7-17(15)18/h2-8,10,12-13,20H,9,11H2,1H3. The van der Waals surface area contributed by atoms with E-state index in [2.05, 4.69) is 48.0 Å². The molecule has 0 radical (unpaired) electrons. The summed E-state index contributed by atoms with van der Waals surface area (Å²) in [5, 5.41) is 8.04. The van der Waals surface area contributed by atoms with Crippen LogP contribution in [0.1, 0.15) is 18.1 Å². The van der Waals surface area contributed by atoms with E-state index in [-0.39, 0.29) is 0 Å². The lowest BCUT2D eigenvalue weighted by Gasteiger charge is -2.14. The van der Waals surface area contributed by atoms with Crippen molar-refractivity contribution in [1.29, 1.82) is 0 Å². The SMILES string of the molecule is CC(Cc1cccc(Cl)c1)NCc1csc2ccccc12. The summed E-state index contributed by atoms with van der Waals surface area (Å²) in [6.45, 7) is 3.13. The van der Waals surface area contributed by atoms with Crippen molar-refractivity contribution in [2.75, 3.05) is 0 Å². The minimum Gasteiger partial charge on any atom is -0.310 e. The summed E-state index contributed by atoms with van der Waals surface area (Å²) in [5.41, 5.74) is 2.66. The Balaban J connectivity index is 1.62. The maximum atomic E-state index is 6.03. The second-order valence-electron chi connectivity index (χ2n) is 5.37. The van der Waals surface area contributed by atoms with Crippen LogP contribution in [0, 0.1) is 0 Å². The summed E-state index contributed by atoms with van der Waals surface area (Å²) in [4.78, 5) is 0. The van der Waals surface area contributed by atoms with Crippen LogP contribution in [0.4, 0.5) is 0 Å². The number of thiophene rings is 1. The number of hydrogen-bond acceptors (Lipinski definition) is 2. The molecule has 0 aliphatic heterocycles. The summed E-state index contributed by atoms with van der Waals surface area (Å²) < 4.78 is 1.36. The van der Waals surface area contributed by atoms with Gasteiger partial charge in [0.05, 0.1) is 0 Å². The van der Waals surface area contributed by atoms with Gasteiger partial charge in [-0.15, -0.1) is 11.3 Å². The van der Waals surface area contributed by atoms with Crippen LogP contribution in [0.15, 0.2) is 53.9 Å². The highest BCUT2D eigenvalue weighted by atomic mass is 35.5. The fourth-order valence-electron chi connectivity index (χ4n) is 2.54. The molecule has 1 unspecified atom stereocenters. The van der Waals surface area contributed by atoms with E-state index in [0.717, 1.165) is 18.0 Å². The van der Waals surface area contributed by atoms with Crippen LogP contribution in [-0.4, -0.2) is 6.04 Å². The summed E-state index contributed by atoms with van der Waals surface area (Å²) >= 11 is 7.85. The van der Waals surface area contributed by atoms with Crippen LogP contribution >= 0.6 is 22.9 Å². The number of benzene rings is 2. The van der Waals surface area contributed by atoms with E-state index in [0.29, 0.717) is 6.04 Å². The van der Waals surface area contributed by atoms with E-state index in [1.165, 1.54) is 21.2 Å². The second-order valence-corrected chi connectivity index (χ2v) is 6.72. The molecule has 0 bridgehead atoms. The first-order chi connectivity index (χ1) is 10.2. The highest BCUT2D eigenvalue weighted by Crippen LogP contribution is 2.25. The van der Waals surface area contributed by atoms with Crippen molar-refractivity contribution < 1.29 is 0 Å². The van der Waals surface area contributed by atoms with Gasteiger partial charge in [0, 0.05) is 22.3 Å². The highest BCUT2D eigenvalue weighted by molar-refractivity contribution is 7.17. The molecule has 3 heteroatoms. The van der Waals surface area contributed by atoms with E-state index in [1.54, 1.807) is 0 Å². The third-order valence-corrected chi connectivity index (χ3v) is 4.88. The van der Waals surface area contributed by atoms with Crippen LogP contribution in [0.2, 0.25) is 5.02 Å². The van der Waals surface area contributed by atoms with Gasteiger partial charge in [-0.3, -0.25) is 0 Å². The van der Waals surface area contributed by atoms with Crippen LogP contribution < -0.4 is 5.32 Å². The van der Waals surface area contributed by atoms with Crippen LogP contribution in [0.25, 0.3) is 10.1 Å². The van der Waals surface area contributed by atoms with Gasteiger partial charge in [0.15, 0.2) is 0 Å². The predicted molar refractivity (Wildman–Crippen MR) is 93.3 cm³/mol. The molecule has 0 aliphatic carbocycles. The van der Waals surface area contributed by atoms with Crippen molar-refractivity contribution in [1.82, 2.24) is 5.32 Å². The van der Waals surface area contributed by atoms with Crippen molar-refractivity contribution in [2.45, 2.75) is 25.9 Å². The van der Waals surface area contributed by atoms with Gasteiger partial charge in [0.25, 0.3) is 0 Å². The topological polar surface area (TPSA) is 12.0 Å². The largest absolute Gasteiger partial charge is 0.310 e. The molecule has 3 aromatic rings. The Morgan fingerprint density at radius 2 is 2.00 bits per heavy atom. The van der Waals surface area contributed by atoms with Gasteiger partial charge in [-0.2, -0.15) is 0 Å². The minimum absolute atomic E-state index is 0.419. The number of hydrogen-bond donors (Lipinski definition) is 1. The molecule has 2 aromatic carbocycles. The first-order valence-electron chi connectivity index (χ1n) is 7.15. The van der Waals surface area contributed by atoms with Crippen LogP contribution in [-0.2, 0) is 13.0 Å². The molecule has 0 saturated heterocycles. The number of nitrogens with one attached hydrogen (secondary N) is 1. The van der Waals surface area contributed by atoms with Crippen molar-refractivity contribution in [3.8, 4) is 0 Å². The molecule has 1 heterocycles. The molecular weight excluding hydrogens is 298 g/mol. The lowest BCUT2D eigenvalue weighted by molar-refractivity contribution is 0.547. The summed E-state index contributed by atoms with van der Waals surface area (Å²) in [7, 11) is 0. The molecule has 0 spiro atoms. The third-order valence-electron chi connectivity index (χ3n) is 3.63. The van der Waals surface area contributed by atoms with E-state index in [4.69, 9.17) is 11.6 Å². The molecule has 1 aromatic heterocycles. The van der Waals surface area contributed by atoms with Crippen LogP contribution in [0.5, 0.6) is 0 Å². The van der Waals surface area contributed by atoms with Gasteiger partial charge in [0.1, 0.15) is 0 Å². The molecular formula is C18H18ClNS. The van der Waals surface area contributed by atoms with E-state index in [1.807, 2.05) is 29.5 Å².